The van der Waals surface area contributed by atoms with Crippen molar-refractivity contribution in [1.29, 1.82) is 0 Å². The summed E-state index contributed by atoms with van der Waals surface area (Å²) < 4.78 is 0. The largest absolute Gasteiger partial charge is 0.312 e. The first-order chi connectivity index (χ1) is 9.25. The van der Waals surface area contributed by atoms with Gasteiger partial charge >= 0.3 is 0 Å². The summed E-state index contributed by atoms with van der Waals surface area (Å²) in [5.41, 5.74) is 1.04. The predicted octanol–water partition coefficient (Wildman–Crippen LogP) is 4.88. The Morgan fingerprint density at radius 2 is 1.79 bits per heavy atom. The molecule has 0 fully saturated rings. The summed E-state index contributed by atoms with van der Waals surface area (Å²) in [4.78, 5) is 1.30. The molecule has 0 amide bonds. The molecule has 0 spiro atoms. The van der Waals surface area contributed by atoms with Gasteiger partial charge in [-0.05, 0) is 35.9 Å². The Labute approximate surface area is 128 Å². The highest BCUT2D eigenvalue weighted by Crippen LogP contribution is 2.20. The lowest BCUT2D eigenvalue weighted by molar-refractivity contribution is 0.732. The van der Waals surface area contributed by atoms with Crippen LogP contribution < -0.4 is 5.32 Å². The normalized spacial score (nSPS) is 10.6. The van der Waals surface area contributed by atoms with Gasteiger partial charge in [0.05, 0.1) is 0 Å². The smallest absolute Gasteiger partial charge is 0.0451 e. The number of hydrogen-bond acceptors (Lipinski definition) is 2. The average molecular weight is 312 g/mol. The van der Waals surface area contributed by atoms with Gasteiger partial charge < -0.3 is 5.32 Å². The van der Waals surface area contributed by atoms with Crippen LogP contribution in [0.4, 0.5) is 0 Å². The Balaban J connectivity index is 1.71. The molecule has 2 aromatic carbocycles. The van der Waals surface area contributed by atoms with Gasteiger partial charge in [0.1, 0.15) is 0 Å². The van der Waals surface area contributed by atoms with E-state index in [4.69, 9.17) is 23.2 Å². The summed E-state index contributed by atoms with van der Waals surface area (Å²) in [6.45, 7) is 1.68. The fourth-order valence-corrected chi connectivity index (χ4v) is 2.87. The zero-order valence-electron chi connectivity index (χ0n) is 10.4. The third-order valence-electron chi connectivity index (χ3n) is 2.61. The van der Waals surface area contributed by atoms with Crippen molar-refractivity contribution in [3.8, 4) is 0 Å². The van der Waals surface area contributed by atoms with Crippen LogP contribution in [0, 0.1) is 0 Å². The van der Waals surface area contributed by atoms with Crippen molar-refractivity contribution in [2.45, 2.75) is 11.4 Å². The molecule has 0 heterocycles. The van der Waals surface area contributed by atoms with E-state index in [-0.39, 0.29) is 0 Å². The fourth-order valence-electron chi connectivity index (χ4n) is 1.66. The van der Waals surface area contributed by atoms with Crippen LogP contribution in [0.2, 0.25) is 10.0 Å². The van der Waals surface area contributed by atoms with Crippen molar-refractivity contribution in [1.82, 2.24) is 5.32 Å². The minimum Gasteiger partial charge on any atom is -0.312 e. The number of benzene rings is 2. The van der Waals surface area contributed by atoms with Crippen LogP contribution in [0.1, 0.15) is 5.56 Å². The van der Waals surface area contributed by atoms with E-state index in [2.05, 4.69) is 29.6 Å². The molecule has 0 aromatic heterocycles. The minimum atomic E-state index is 0.722. The molecule has 0 radical (unpaired) electrons. The second-order valence-corrected chi connectivity index (χ2v) is 6.09. The molecule has 100 valence electrons. The highest BCUT2D eigenvalue weighted by Gasteiger charge is 2.00. The molecule has 0 aliphatic heterocycles. The molecule has 2 rings (SSSR count). The standard InChI is InChI=1S/C15H15Cl2NS/c16-13-6-7-15(17)12(10-13)11-18-8-9-19-14-4-2-1-3-5-14/h1-7,10,18H,8-9,11H2. The first-order valence-corrected chi connectivity index (χ1v) is 7.82. The summed E-state index contributed by atoms with van der Waals surface area (Å²) in [6, 6.07) is 15.9. The molecule has 1 nitrogen and oxygen atoms in total. The second kappa shape index (κ2) is 7.81. The van der Waals surface area contributed by atoms with Gasteiger partial charge in [-0.2, -0.15) is 0 Å². The number of thioether (sulfide) groups is 1. The summed E-state index contributed by atoms with van der Waals surface area (Å²) in [5, 5.41) is 4.86. The van der Waals surface area contributed by atoms with E-state index in [1.807, 2.05) is 30.0 Å². The summed E-state index contributed by atoms with van der Waals surface area (Å²) in [5.74, 6) is 1.03. The molecule has 1 N–H and O–H groups in total. The highest BCUT2D eigenvalue weighted by molar-refractivity contribution is 7.99. The number of halogens is 2. The molecule has 19 heavy (non-hydrogen) atoms. The van der Waals surface area contributed by atoms with Gasteiger partial charge in [0.2, 0.25) is 0 Å². The molecular formula is C15H15Cl2NS. The van der Waals surface area contributed by atoms with Gasteiger partial charge in [0.25, 0.3) is 0 Å². The predicted molar refractivity (Wildman–Crippen MR) is 85.3 cm³/mol. The van der Waals surface area contributed by atoms with E-state index < -0.39 is 0 Å². The number of hydrogen-bond donors (Lipinski definition) is 1. The fraction of sp³-hybridized carbons (Fsp3) is 0.200. The first-order valence-electron chi connectivity index (χ1n) is 6.08. The Kier molecular flexibility index (Phi) is 6.05. The number of rotatable bonds is 6. The minimum absolute atomic E-state index is 0.722. The Morgan fingerprint density at radius 1 is 1.00 bits per heavy atom. The summed E-state index contributed by atoms with van der Waals surface area (Å²) in [6.07, 6.45) is 0. The zero-order valence-corrected chi connectivity index (χ0v) is 12.7. The van der Waals surface area contributed by atoms with Crippen LogP contribution in [0.5, 0.6) is 0 Å². The maximum Gasteiger partial charge on any atom is 0.0451 e. The molecule has 0 saturated carbocycles. The molecule has 0 bridgehead atoms. The Morgan fingerprint density at radius 3 is 2.58 bits per heavy atom. The lowest BCUT2D eigenvalue weighted by Crippen LogP contribution is -2.16. The zero-order chi connectivity index (χ0) is 13.5. The quantitative estimate of drug-likeness (QED) is 0.603. The van der Waals surface area contributed by atoms with Crippen LogP contribution in [0.3, 0.4) is 0 Å². The maximum absolute atomic E-state index is 6.10. The molecule has 0 unspecified atom stereocenters. The SMILES string of the molecule is Clc1ccc(Cl)c(CNCCSc2ccccc2)c1. The Bertz CT molecular complexity index is 517. The van der Waals surface area contributed by atoms with Crippen LogP contribution in [0.15, 0.2) is 53.4 Å². The van der Waals surface area contributed by atoms with Crippen LogP contribution in [-0.4, -0.2) is 12.3 Å². The third-order valence-corrected chi connectivity index (χ3v) is 4.23. The third kappa shape index (κ3) is 5.07. The van der Waals surface area contributed by atoms with Gasteiger partial charge in [-0.15, -0.1) is 11.8 Å². The van der Waals surface area contributed by atoms with E-state index in [1.54, 1.807) is 6.07 Å². The van der Waals surface area contributed by atoms with Crippen molar-refractivity contribution in [2.24, 2.45) is 0 Å². The van der Waals surface area contributed by atoms with Crippen molar-refractivity contribution < 1.29 is 0 Å². The second-order valence-electron chi connectivity index (χ2n) is 4.07. The van der Waals surface area contributed by atoms with Gasteiger partial charge in [-0.25, -0.2) is 0 Å². The molecule has 2 aromatic rings. The van der Waals surface area contributed by atoms with Gasteiger partial charge in [0.15, 0.2) is 0 Å². The van der Waals surface area contributed by atoms with Crippen LogP contribution >= 0.6 is 35.0 Å². The molecule has 4 heteroatoms. The topological polar surface area (TPSA) is 12.0 Å². The van der Waals surface area contributed by atoms with E-state index in [0.29, 0.717) is 0 Å². The van der Waals surface area contributed by atoms with Crippen molar-refractivity contribution in [2.75, 3.05) is 12.3 Å². The van der Waals surface area contributed by atoms with Crippen molar-refractivity contribution >= 4 is 35.0 Å². The van der Waals surface area contributed by atoms with Gasteiger partial charge in [-0.3, -0.25) is 0 Å². The lowest BCUT2D eigenvalue weighted by atomic mass is 10.2. The summed E-state index contributed by atoms with van der Waals surface area (Å²) >= 11 is 13.9. The summed E-state index contributed by atoms with van der Waals surface area (Å²) in [7, 11) is 0. The molecule has 0 atom stereocenters. The van der Waals surface area contributed by atoms with Crippen LogP contribution in [-0.2, 0) is 6.54 Å². The molecule has 0 saturated heterocycles. The molecular weight excluding hydrogens is 297 g/mol. The van der Waals surface area contributed by atoms with Crippen molar-refractivity contribution in [3.63, 3.8) is 0 Å². The van der Waals surface area contributed by atoms with Crippen LogP contribution in [0.25, 0.3) is 0 Å². The van der Waals surface area contributed by atoms with Crippen molar-refractivity contribution in [3.05, 3.63) is 64.1 Å². The van der Waals surface area contributed by atoms with E-state index in [9.17, 15) is 0 Å². The first kappa shape index (κ1) is 14.7. The van der Waals surface area contributed by atoms with E-state index >= 15 is 0 Å². The van der Waals surface area contributed by atoms with E-state index in [0.717, 1.165) is 34.5 Å². The Hall–Kier alpha value is -0.670. The molecule has 0 aliphatic carbocycles. The monoisotopic (exact) mass is 311 g/mol. The highest BCUT2D eigenvalue weighted by atomic mass is 35.5. The maximum atomic E-state index is 6.10. The lowest BCUT2D eigenvalue weighted by Gasteiger charge is -2.07. The average Bonchev–Trinajstić information content (AvgIpc) is 2.43. The number of nitrogens with one attached hydrogen (secondary N) is 1. The van der Waals surface area contributed by atoms with Gasteiger partial charge in [0, 0.05) is 33.8 Å². The molecule has 0 aliphatic rings. The van der Waals surface area contributed by atoms with E-state index in [1.165, 1.54) is 4.90 Å². The van der Waals surface area contributed by atoms with Gasteiger partial charge in [-0.1, -0.05) is 41.4 Å².